The highest BCUT2D eigenvalue weighted by atomic mass is 32.1. The third kappa shape index (κ3) is 64.7. The Morgan fingerprint density at radius 1 is 0.421 bits per heavy atom. The molecule has 9 N–H and O–H groups in total. The summed E-state index contributed by atoms with van der Waals surface area (Å²) in [5.74, 6) is -2.41. The van der Waals surface area contributed by atoms with Crippen molar-refractivity contribution in [3.63, 3.8) is 0 Å². The molecule has 0 saturated heterocycles. The summed E-state index contributed by atoms with van der Waals surface area (Å²) in [7, 11) is 0. The number of hydrogen-bond acceptors (Lipinski definition) is 14. The second-order valence-electron chi connectivity index (χ2n) is 6.15. The van der Waals surface area contributed by atoms with Crippen molar-refractivity contribution < 1.29 is 69.9 Å². The summed E-state index contributed by atoms with van der Waals surface area (Å²) in [6.45, 7) is -1.62. The van der Waals surface area contributed by atoms with Crippen molar-refractivity contribution in [3.05, 3.63) is 0 Å². The van der Waals surface area contributed by atoms with Gasteiger partial charge >= 0.3 is 29.8 Å². The van der Waals surface area contributed by atoms with Gasteiger partial charge in [0.2, 0.25) is 0 Å². The number of aliphatic hydroxyl groups is 4. The van der Waals surface area contributed by atoms with E-state index in [4.69, 9.17) is 46.0 Å². The second kappa shape index (κ2) is 40.4. The maximum absolute atomic E-state index is 9.55. The van der Waals surface area contributed by atoms with Gasteiger partial charge in [0, 0.05) is 23.0 Å². The van der Waals surface area contributed by atoms with Crippen LogP contribution in [0.3, 0.4) is 0 Å². The number of carboxylic acid groups (broad SMARTS) is 5. The monoisotopic (exact) mass is 652 g/mol. The van der Waals surface area contributed by atoms with Gasteiger partial charge in [-0.05, 0) is 0 Å². The summed E-state index contributed by atoms with van der Waals surface area (Å²) in [6, 6.07) is 0. The SMILES string of the molecule is O=C(O)CCS.O=C(O)CCS.O=C(O)CCS.O=C(O)CCS.O=C(O)CS.OCC(CO)(CO)CO. The van der Waals surface area contributed by atoms with E-state index >= 15 is 0 Å². The molecule has 0 spiro atoms. The average molecular weight is 653 g/mol. The lowest BCUT2D eigenvalue weighted by Crippen LogP contribution is -2.37. The maximum atomic E-state index is 9.55. The molecule has 0 atom stereocenters. The second-order valence-corrected chi connectivity index (χ2v) is 8.26. The Morgan fingerprint density at radius 3 is 0.579 bits per heavy atom. The van der Waals surface area contributed by atoms with Crippen LogP contribution in [0, 0.1) is 5.41 Å². The first-order chi connectivity index (χ1) is 17.6. The molecule has 0 rings (SSSR count). The zero-order valence-corrected chi connectivity index (χ0v) is 25.0. The molecule has 0 aromatic rings. The van der Waals surface area contributed by atoms with E-state index in [0.717, 1.165) is 0 Å². The summed E-state index contributed by atoms with van der Waals surface area (Å²) < 4.78 is 0. The van der Waals surface area contributed by atoms with Crippen molar-refractivity contribution >= 4 is 93.0 Å². The van der Waals surface area contributed by atoms with E-state index in [1.54, 1.807) is 0 Å². The summed E-state index contributed by atoms with van der Waals surface area (Å²) in [4.78, 5) is 47.5. The van der Waals surface area contributed by atoms with E-state index in [9.17, 15) is 24.0 Å². The van der Waals surface area contributed by atoms with E-state index in [1.165, 1.54) is 0 Å². The van der Waals surface area contributed by atoms with Crippen LogP contribution in [0.5, 0.6) is 0 Å². The van der Waals surface area contributed by atoms with E-state index in [-0.39, 0.29) is 31.4 Å². The zero-order chi connectivity index (χ0) is 31.6. The van der Waals surface area contributed by atoms with E-state index in [1.807, 2.05) is 0 Å². The molecule has 0 aromatic heterocycles. The Bertz CT molecular complexity index is 497. The minimum absolute atomic E-state index is 0.0833. The maximum Gasteiger partial charge on any atom is 0.313 e. The van der Waals surface area contributed by atoms with Crippen LogP contribution < -0.4 is 0 Å². The van der Waals surface area contributed by atoms with Crippen molar-refractivity contribution in [2.24, 2.45) is 5.41 Å². The normalized spacial score (nSPS) is 8.97. The van der Waals surface area contributed by atoms with E-state index < -0.39 is 61.7 Å². The number of carboxylic acids is 5. The van der Waals surface area contributed by atoms with Crippen molar-refractivity contribution in [2.45, 2.75) is 25.7 Å². The smallest absolute Gasteiger partial charge is 0.313 e. The Hall–Kier alpha value is -1.06. The lowest BCUT2D eigenvalue weighted by Gasteiger charge is -2.23. The molecular weight excluding hydrogens is 613 g/mol. The molecule has 19 heteroatoms. The molecule has 0 aromatic carbocycles. The molecule has 0 bridgehead atoms. The molecule has 0 heterocycles. The summed E-state index contributed by atoms with van der Waals surface area (Å²) in [5, 5.41) is 73.1. The first kappa shape index (κ1) is 49.8. The van der Waals surface area contributed by atoms with Gasteiger partial charge in [-0.2, -0.15) is 63.1 Å². The molecule has 0 aliphatic rings. The number of aliphatic carboxylic acids is 5. The predicted molar refractivity (Wildman–Crippen MR) is 157 cm³/mol. The minimum Gasteiger partial charge on any atom is -0.481 e. The van der Waals surface area contributed by atoms with Crippen LogP contribution in [0.4, 0.5) is 0 Å². The molecule has 0 unspecified atom stereocenters. The highest BCUT2D eigenvalue weighted by Gasteiger charge is 2.26. The van der Waals surface area contributed by atoms with Crippen molar-refractivity contribution in [1.29, 1.82) is 0 Å². The van der Waals surface area contributed by atoms with Crippen molar-refractivity contribution in [2.75, 3.05) is 55.2 Å². The zero-order valence-electron chi connectivity index (χ0n) is 20.5. The standard InChI is InChI=1S/C5H12O4.4C3H6O2S.C2H4O2S/c6-1-5(2-7,3-8)4-9;4*4-3(5)1-2-6;3-2(4)1-5/h6-9H,1-4H2;4*6H,1-2H2,(H,4,5);5H,1H2,(H,3,4). The quantitative estimate of drug-likeness (QED) is 0.112. The van der Waals surface area contributed by atoms with Crippen LogP contribution in [0.2, 0.25) is 0 Å². The van der Waals surface area contributed by atoms with Crippen LogP contribution >= 0.6 is 63.1 Å². The average Bonchev–Trinajstić information content (AvgIpc) is 2.82. The molecular formula is C19H40O14S5. The van der Waals surface area contributed by atoms with Crippen molar-refractivity contribution in [1.82, 2.24) is 0 Å². The molecule has 0 aliphatic heterocycles. The Morgan fingerprint density at radius 2 is 0.579 bits per heavy atom. The summed E-state index contributed by atoms with van der Waals surface area (Å²) in [5.41, 5.74) is -1.11. The van der Waals surface area contributed by atoms with Gasteiger partial charge in [0.15, 0.2) is 0 Å². The first-order valence-electron chi connectivity index (χ1n) is 10.2. The number of rotatable bonds is 13. The van der Waals surface area contributed by atoms with Gasteiger partial charge in [0.1, 0.15) is 0 Å². The minimum atomic E-state index is -1.11. The van der Waals surface area contributed by atoms with Gasteiger partial charge in [-0.3, -0.25) is 24.0 Å². The molecule has 0 amide bonds. The van der Waals surface area contributed by atoms with Crippen LogP contribution in [0.15, 0.2) is 0 Å². The van der Waals surface area contributed by atoms with E-state index in [2.05, 4.69) is 63.1 Å². The van der Waals surface area contributed by atoms with Crippen LogP contribution in [0.1, 0.15) is 25.7 Å². The molecule has 0 aliphatic carbocycles. The third-order valence-corrected chi connectivity index (χ3v) is 3.94. The lowest BCUT2D eigenvalue weighted by molar-refractivity contribution is -0.137. The summed E-state index contributed by atoms with van der Waals surface area (Å²) in [6.07, 6.45) is 0.623. The molecule has 38 heavy (non-hydrogen) atoms. The topological polar surface area (TPSA) is 267 Å². The fraction of sp³-hybridized carbons (Fsp3) is 0.737. The number of carbonyl (C=O) groups is 5. The van der Waals surface area contributed by atoms with Crippen LogP contribution in [-0.2, 0) is 24.0 Å². The molecule has 0 fully saturated rings. The highest BCUT2D eigenvalue weighted by Crippen LogP contribution is 2.11. The van der Waals surface area contributed by atoms with Crippen LogP contribution in [0.25, 0.3) is 0 Å². The Kier molecular flexibility index (Phi) is 53.0. The highest BCUT2D eigenvalue weighted by molar-refractivity contribution is 7.81. The fourth-order valence-electron chi connectivity index (χ4n) is 0.683. The van der Waals surface area contributed by atoms with Gasteiger partial charge in [0.05, 0.1) is 63.3 Å². The first-order valence-corrected chi connectivity index (χ1v) is 13.3. The number of thiol groups is 5. The van der Waals surface area contributed by atoms with E-state index in [0.29, 0.717) is 23.0 Å². The largest absolute Gasteiger partial charge is 0.481 e. The fourth-order valence-corrected chi connectivity index (χ4v) is 1.45. The lowest BCUT2D eigenvalue weighted by atomic mass is 9.93. The number of hydrogen-bond donors (Lipinski definition) is 14. The van der Waals surface area contributed by atoms with Gasteiger partial charge in [-0.1, -0.05) is 0 Å². The number of aliphatic hydroxyl groups excluding tert-OH is 4. The third-order valence-electron chi connectivity index (χ3n) is 2.78. The Labute approximate surface area is 248 Å². The molecule has 0 radical (unpaired) electrons. The van der Waals surface area contributed by atoms with Gasteiger partial charge in [0.25, 0.3) is 0 Å². The van der Waals surface area contributed by atoms with Gasteiger partial charge in [-0.25, -0.2) is 0 Å². The molecule has 0 saturated carbocycles. The van der Waals surface area contributed by atoms with Gasteiger partial charge < -0.3 is 46.0 Å². The van der Waals surface area contributed by atoms with Crippen LogP contribution in [-0.4, -0.2) is 131 Å². The van der Waals surface area contributed by atoms with Gasteiger partial charge in [-0.15, -0.1) is 0 Å². The molecule has 14 nitrogen and oxygen atoms in total. The predicted octanol–water partition coefficient (Wildman–Crippen LogP) is -0.494. The molecule has 230 valence electrons. The van der Waals surface area contributed by atoms with Crippen molar-refractivity contribution in [3.8, 4) is 0 Å². The Balaban J connectivity index is -0.0000000818. The summed E-state index contributed by atoms with van der Waals surface area (Å²) >= 11 is 18.1.